The summed E-state index contributed by atoms with van der Waals surface area (Å²) in [6.45, 7) is 6.02. The number of fused-ring (bicyclic) bond motifs is 1. The predicted molar refractivity (Wildman–Crippen MR) is 89.0 cm³/mol. The Morgan fingerprint density at radius 3 is 2.86 bits per heavy atom. The molecule has 3 aromatic rings. The summed E-state index contributed by atoms with van der Waals surface area (Å²) >= 11 is 0. The van der Waals surface area contributed by atoms with E-state index in [4.69, 9.17) is 4.98 Å². The molecule has 4 heteroatoms. The van der Waals surface area contributed by atoms with Gasteiger partial charge in [-0.3, -0.25) is 4.98 Å². The number of hydrogen-bond donors (Lipinski definition) is 1. The molecule has 1 N–H and O–H groups in total. The van der Waals surface area contributed by atoms with E-state index in [1.165, 1.54) is 17.0 Å². The van der Waals surface area contributed by atoms with Gasteiger partial charge in [0.25, 0.3) is 0 Å². The standard InChI is InChI=1S/C18H22N4/c1-3-16-17(22-13-14(2)7-8-18(22)21-16)12-19-11-9-15-6-4-5-10-20-15/h4-8,10,13,19H,3,9,11-12H2,1-2H3. The summed E-state index contributed by atoms with van der Waals surface area (Å²) in [5.41, 5.74) is 5.85. The smallest absolute Gasteiger partial charge is 0.137 e. The summed E-state index contributed by atoms with van der Waals surface area (Å²) in [5.74, 6) is 0. The first kappa shape index (κ1) is 14.7. The van der Waals surface area contributed by atoms with E-state index in [-0.39, 0.29) is 0 Å². The number of aryl methyl sites for hydroxylation is 2. The van der Waals surface area contributed by atoms with Crippen LogP contribution in [-0.4, -0.2) is 20.9 Å². The number of hydrogen-bond acceptors (Lipinski definition) is 3. The van der Waals surface area contributed by atoms with Crippen LogP contribution in [0.3, 0.4) is 0 Å². The Kier molecular flexibility index (Phi) is 4.49. The van der Waals surface area contributed by atoms with Crippen molar-refractivity contribution in [3.05, 3.63) is 65.4 Å². The summed E-state index contributed by atoms with van der Waals surface area (Å²) in [6.07, 6.45) is 5.91. The summed E-state index contributed by atoms with van der Waals surface area (Å²) in [5, 5.41) is 3.52. The second-order valence-corrected chi connectivity index (χ2v) is 5.54. The van der Waals surface area contributed by atoms with E-state index in [2.05, 4.69) is 52.9 Å². The molecule has 0 aliphatic carbocycles. The van der Waals surface area contributed by atoms with Crippen molar-refractivity contribution in [3.63, 3.8) is 0 Å². The van der Waals surface area contributed by atoms with Gasteiger partial charge in [0.1, 0.15) is 5.65 Å². The zero-order chi connectivity index (χ0) is 15.4. The Morgan fingerprint density at radius 2 is 2.09 bits per heavy atom. The lowest BCUT2D eigenvalue weighted by Crippen LogP contribution is -2.19. The fraction of sp³-hybridized carbons (Fsp3) is 0.333. The third-order valence-electron chi connectivity index (χ3n) is 3.86. The molecule has 0 fully saturated rings. The number of nitrogens with one attached hydrogen (secondary N) is 1. The number of imidazole rings is 1. The molecule has 4 nitrogen and oxygen atoms in total. The largest absolute Gasteiger partial charge is 0.311 e. The van der Waals surface area contributed by atoms with E-state index in [0.717, 1.165) is 37.3 Å². The van der Waals surface area contributed by atoms with Gasteiger partial charge in [-0.05, 0) is 37.1 Å². The van der Waals surface area contributed by atoms with Crippen molar-refractivity contribution in [2.24, 2.45) is 0 Å². The summed E-state index contributed by atoms with van der Waals surface area (Å²) in [4.78, 5) is 9.07. The van der Waals surface area contributed by atoms with Crippen LogP contribution in [-0.2, 0) is 19.4 Å². The average Bonchev–Trinajstić information content (AvgIpc) is 2.89. The lowest BCUT2D eigenvalue weighted by molar-refractivity contribution is 0.659. The normalized spacial score (nSPS) is 11.2. The van der Waals surface area contributed by atoms with Gasteiger partial charge in [0, 0.05) is 37.6 Å². The molecule has 0 bridgehead atoms. The van der Waals surface area contributed by atoms with E-state index < -0.39 is 0 Å². The molecule has 114 valence electrons. The SMILES string of the molecule is CCc1nc2ccc(C)cn2c1CNCCc1ccccn1. The van der Waals surface area contributed by atoms with Gasteiger partial charge in [-0.1, -0.05) is 19.1 Å². The van der Waals surface area contributed by atoms with Crippen LogP contribution in [0.4, 0.5) is 0 Å². The van der Waals surface area contributed by atoms with Crippen LogP contribution in [0.1, 0.15) is 29.6 Å². The van der Waals surface area contributed by atoms with Crippen molar-refractivity contribution < 1.29 is 0 Å². The molecule has 3 aromatic heterocycles. The molecular formula is C18H22N4. The molecular weight excluding hydrogens is 272 g/mol. The fourth-order valence-electron chi connectivity index (χ4n) is 2.69. The van der Waals surface area contributed by atoms with Crippen LogP contribution in [0.2, 0.25) is 0 Å². The first-order valence-electron chi connectivity index (χ1n) is 7.85. The molecule has 0 radical (unpaired) electrons. The van der Waals surface area contributed by atoms with Crippen molar-refractivity contribution in [1.82, 2.24) is 19.7 Å². The molecule has 0 unspecified atom stereocenters. The van der Waals surface area contributed by atoms with Gasteiger partial charge in [-0.25, -0.2) is 4.98 Å². The highest BCUT2D eigenvalue weighted by molar-refractivity contribution is 5.44. The van der Waals surface area contributed by atoms with Gasteiger partial charge < -0.3 is 9.72 Å². The van der Waals surface area contributed by atoms with Crippen molar-refractivity contribution in [1.29, 1.82) is 0 Å². The topological polar surface area (TPSA) is 42.2 Å². The molecule has 0 amide bonds. The van der Waals surface area contributed by atoms with Gasteiger partial charge in [-0.15, -0.1) is 0 Å². The highest BCUT2D eigenvalue weighted by Crippen LogP contribution is 2.14. The van der Waals surface area contributed by atoms with Gasteiger partial charge in [-0.2, -0.15) is 0 Å². The quantitative estimate of drug-likeness (QED) is 0.711. The van der Waals surface area contributed by atoms with Crippen LogP contribution in [0.15, 0.2) is 42.7 Å². The minimum atomic E-state index is 0.834. The maximum atomic E-state index is 4.72. The maximum Gasteiger partial charge on any atom is 0.137 e. The number of nitrogens with zero attached hydrogens (tertiary/aromatic N) is 3. The summed E-state index contributed by atoms with van der Waals surface area (Å²) in [6, 6.07) is 10.2. The average molecular weight is 294 g/mol. The number of pyridine rings is 2. The van der Waals surface area contributed by atoms with Crippen LogP contribution in [0.25, 0.3) is 5.65 Å². The molecule has 3 rings (SSSR count). The van der Waals surface area contributed by atoms with E-state index in [9.17, 15) is 0 Å². The van der Waals surface area contributed by atoms with Crippen LogP contribution >= 0.6 is 0 Å². The maximum absolute atomic E-state index is 4.72. The summed E-state index contributed by atoms with van der Waals surface area (Å²) < 4.78 is 2.21. The Hall–Kier alpha value is -2.20. The number of aromatic nitrogens is 3. The molecule has 3 heterocycles. The van der Waals surface area contributed by atoms with Crippen LogP contribution in [0.5, 0.6) is 0 Å². The minimum Gasteiger partial charge on any atom is -0.311 e. The highest BCUT2D eigenvalue weighted by atomic mass is 15.0. The van der Waals surface area contributed by atoms with Crippen LogP contribution < -0.4 is 5.32 Å². The van der Waals surface area contributed by atoms with E-state index in [1.807, 2.05) is 18.3 Å². The zero-order valence-corrected chi connectivity index (χ0v) is 13.2. The second-order valence-electron chi connectivity index (χ2n) is 5.54. The van der Waals surface area contributed by atoms with Gasteiger partial charge in [0.15, 0.2) is 0 Å². The Balaban J connectivity index is 1.69. The molecule has 0 aliphatic rings. The molecule has 0 aromatic carbocycles. The highest BCUT2D eigenvalue weighted by Gasteiger charge is 2.10. The second kappa shape index (κ2) is 6.71. The number of rotatable bonds is 6. The van der Waals surface area contributed by atoms with E-state index in [0.29, 0.717) is 0 Å². The molecule has 0 atom stereocenters. The Labute approximate surface area is 131 Å². The van der Waals surface area contributed by atoms with Gasteiger partial charge in [0.05, 0.1) is 11.4 Å². The predicted octanol–water partition coefficient (Wildman–Crippen LogP) is 2.93. The van der Waals surface area contributed by atoms with Crippen molar-refractivity contribution in [3.8, 4) is 0 Å². The molecule has 0 spiro atoms. The van der Waals surface area contributed by atoms with Crippen molar-refractivity contribution >= 4 is 5.65 Å². The fourth-order valence-corrected chi connectivity index (χ4v) is 2.69. The lowest BCUT2D eigenvalue weighted by atomic mass is 10.2. The molecule has 0 aliphatic heterocycles. The van der Waals surface area contributed by atoms with E-state index in [1.54, 1.807) is 0 Å². The molecule has 22 heavy (non-hydrogen) atoms. The Morgan fingerprint density at radius 1 is 1.18 bits per heavy atom. The zero-order valence-electron chi connectivity index (χ0n) is 13.2. The van der Waals surface area contributed by atoms with Crippen molar-refractivity contribution in [2.45, 2.75) is 33.2 Å². The van der Waals surface area contributed by atoms with Crippen molar-refractivity contribution in [2.75, 3.05) is 6.54 Å². The van der Waals surface area contributed by atoms with Gasteiger partial charge in [0.2, 0.25) is 0 Å². The molecule has 0 saturated carbocycles. The third kappa shape index (κ3) is 3.17. The lowest BCUT2D eigenvalue weighted by Gasteiger charge is -2.07. The van der Waals surface area contributed by atoms with Crippen LogP contribution in [0, 0.1) is 6.92 Å². The third-order valence-corrected chi connectivity index (χ3v) is 3.86. The Bertz CT molecular complexity index is 746. The van der Waals surface area contributed by atoms with E-state index >= 15 is 0 Å². The first-order chi connectivity index (χ1) is 10.8. The molecule has 0 saturated heterocycles. The monoisotopic (exact) mass is 294 g/mol. The minimum absolute atomic E-state index is 0.834. The van der Waals surface area contributed by atoms with Gasteiger partial charge >= 0.3 is 0 Å². The first-order valence-corrected chi connectivity index (χ1v) is 7.85. The summed E-state index contributed by atoms with van der Waals surface area (Å²) in [7, 11) is 0.